The highest BCUT2D eigenvalue weighted by atomic mass is 32.1. The summed E-state index contributed by atoms with van der Waals surface area (Å²) < 4.78 is 4.07. The van der Waals surface area contributed by atoms with Gasteiger partial charge in [-0.3, -0.25) is 4.79 Å². The molecule has 0 radical (unpaired) electrons. The van der Waals surface area contributed by atoms with Crippen molar-refractivity contribution in [3.05, 3.63) is 41.6 Å². The number of thiazole rings is 1. The lowest BCUT2D eigenvalue weighted by molar-refractivity contribution is -0.118. The van der Waals surface area contributed by atoms with Gasteiger partial charge < -0.3 is 19.9 Å². The first-order valence-electron chi connectivity index (χ1n) is 11.8. The molecule has 1 saturated carbocycles. The van der Waals surface area contributed by atoms with E-state index in [9.17, 15) is 4.79 Å². The van der Waals surface area contributed by atoms with Crippen LogP contribution in [0.1, 0.15) is 49.1 Å². The Morgan fingerprint density at radius 3 is 2.48 bits per heavy atom. The molecule has 1 aromatic carbocycles. The van der Waals surface area contributed by atoms with E-state index in [1.807, 2.05) is 12.3 Å². The minimum absolute atomic E-state index is 0.0834. The number of nitrogens with zero attached hydrogens (tertiary/aromatic N) is 3. The second-order valence-electron chi connectivity index (χ2n) is 8.95. The van der Waals surface area contributed by atoms with Crippen LogP contribution in [-0.2, 0) is 9.53 Å². The predicted molar refractivity (Wildman–Crippen MR) is 137 cm³/mol. The van der Waals surface area contributed by atoms with Gasteiger partial charge in [0.1, 0.15) is 11.1 Å². The number of methoxy groups -OCH3 is 1. The molecule has 33 heavy (non-hydrogen) atoms. The maximum absolute atomic E-state index is 13.2. The van der Waals surface area contributed by atoms with Gasteiger partial charge in [0.2, 0.25) is 5.91 Å². The number of hydrogen-bond donors (Lipinski definition) is 1. The summed E-state index contributed by atoms with van der Waals surface area (Å²) in [7, 11) is 3.60. The first kappa shape index (κ1) is 25.1. The molecule has 1 unspecified atom stereocenters. The van der Waals surface area contributed by atoms with Crippen LogP contribution in [0.2, 0.25) is 0 Å². The van der Waals surface area contributed by atoms with Crippen LogP contribution < -0.4 is 10.2 Å². The Bertz CT molecular complexity index is 907. The number of rotatable bonds is 6. The SMILES string of the molecule is C#COC.Cc1ccc(C(CC2CCCC2)C(=O)Nc2ncc(N3CCN(C)CC3)s2)cc1. The summed E-state index contributed by atoms with van der Waals surface area (Å²) in [6, 6.07) is 8.45. The number of carbonyl (C=O) groups excluding carboxylic acids is 1. The molecular weight excluding hydrogens is 432 g/mol. The Kier molecular flexibility index (Phi) is 9.59. The molecule has 178 valence electrons. The van der Waals surface area contributed by atoms with Crippen LogP contribution in [0.15, 0.2) is 30.5 Å². The Morgan fingerprint density at radius 1 is 1.24 bits per heavy atom. The molecule has 1 amide bonds. The number of anilines is 2. The first-order chi connectivity index (χ1) is 16.0. The van der Waals surface area contributed by atoms with Crippen molar-refractivity contribution >= 4 is 27.4 Å². The lowest BCUT2D eigenvalue weighted by Crippen LogP contribution is -2.44. The number of terminal acetylenes is 1. The van der Waals surface area contributed by atoms with Gasteiger partial charge in [0.05, 0.1) is 19.2 Å². The summed E-state index contributed by atoms with van der Waals surface area (Å²) in [6.45, 7) is 6.25. The molecule has 2 fully saturated rings. The molecule has 6 nitrogen and oxygen atoms in total. The molecule has 2 aliphatic rings. The molecule has 4 rings (SSSR count). The van der Waals surface area contributed by atoms with Gasteiger partial charge in [-0.05, 0) is 31.9 Å². The van der Waals surface area contributed by atoms with E-state index in [-0.39, 0.29) is 11.8 Å². The molecule has 0 bridgehead atoms. The summed E-state index contributed by atoms with van der Waals surface area (Å²) in [6.07, 6.45) is 14.4. The molecule has 1 atom stereocenters. The lowest BCUT2D eigenvalue weighted by atomic mass is 9.87. The van der Waals surface area contributed by atoms with Gasteiger partial charge in [0, 0.05) is 26.2 Å². The molecule has 2 aromatic rings. The first-order valence-corrected chi connectivity index (χ1v) is 12.6. The van der Waals surface area contributed by atoms with Crippen molar-refractivity contribution in [1.82, 2.24) is 9.88 Å². The molecule has 1 N–H and O–H groups in total. The van der Waals surface area contributed by atoms with Gasteiger partial charge in [-0.25, -0.2) is 4.98 Å². The van der Waals surface area contributed by atoms with Crippen molar-refractivity contribution in [3.8, 4) is 12.5 Å². The predicted octanol–water partition coefficient (Wildman–Crippen LogP) is 4.73. The van der Waals surface area contributed by atoms with Gasteiger partial charge in [-0.1, -0.05) is 73.3 Å². The highest BCUT2D eigenvalue weighted by Crippen LogP contribution is 2.36. The normalized spacial score (nSPS) is 17.6. The van der Waals surface area contributed by atoms with Gasteiger partial charge in [-0.2, -0.15) is 0 Å². The Balaban J connectivity index is 0.000000709. The van der Waals surface area contributed by atoms with Crippen LogP contribution in [0.4, 0.5) is 10.1 Å². The van der Waals surface area contributed by atoms with Crippen molar-refractivity contribution in [2.24, 2.45) is 5.92 Å². The summed E-state index contributed by atoms with van der Waals surface area (Å²) >= 11 is 1.59. The minimum Gasteiger partial charge on any atom is -0.450 e. The second kappa shape index (κ2) is 12.6. The Morgan fingerprint density at radius 2 is 1.88 bits per heavy atom. The third kappa shape index (κ3) is 7.48. The molecule has 0 spiro atoms. The highest BCUT2D eigenvalue weighted by Gasteiger charge is 2.27. The maximum Gasteiger partial charge on any atom is 0.233 e. The third-order valence-electron chi connectivity index (χ3n) is 6.50. The number of carbonyl (C=O) groups is 1. The molecule has 7 heteroatoms. The topological polar surface area (TPSA) is 57.7 Å². The van der Waals surface area contributed by atoms with E-state index in [1.54, 1.807) is 11.3 Å². The third-order valence-corrected chi connectivity index (χ3v) is 7.47. The van der Waals surface area contributed by atoms with Crippen molar-refractivity contribution in [2.75, 3.05) is 50.6 Å². The van der Waals surface area contributed by atoms with Crippen LogP contribution in [0.5, 0.6) is 0 Å². The van der Waals surface area contributed by atoms with Crippen molar-refractivity contribution in [3.63, 3.8) is 0 Å². The van der Waals surface area contributed by atoms with E-state index in [0.717, 1.165) is 43.2 Å². The zero-order valence-corrected chi connectivity index (χ0v) is 20.9. The lowest BCUT2D eigenvalue weighted by Gasteiger charge is -2.32. The molecule has 1 aromatic heterocycles. The van der Waals surface area contributed by atoms with Crippen LogP contribution in [0.3, 0.4) is 0 Å². The molecule has 2 heterocycles. The van der Waals surface area contributed by atoms with E-state index in [1.165, 1.54) is 38.4 Å². The number of amides is 1. The quantitative estimate of drug-likeness (QED) is 0.621. The van der Waals surface area contributed by atoms with Crippen molar-refractivity contribution in [1.29, 1.82) is 0 Å². The van der Waals surface area contributed by atoms with E-state index in [0.29, 0.717) is 11.0 Å². The fraction of sp³-hybridized carbons (Fsp3) is 0.538. The van der Waals surface area contributed by atoms with E-state index in [2.05, 4.69) is 69.5 Å². The van der Waals surface area contributed by atoms with Crippen LogP contribution in [-0.4, -0.2) is 56.1 Å². The highest BCUT2D eigenvalue weighted by molar-refractivity contribution is 7.19. The van der Waals surface area contributed by atoms with Gasteiger partial charge in [0.25, 0.3) is 0 Å². The summed E-state index contributed by atoms with van der Waals surface area (Å²) in [5.74, 6) is 0.638. The Labute approximate surface area is 202 Å². The number of ether oxygens (including phenoxy) is 1. The van der Waals surface area contributed by atoms with E-state index < -0.39 is 0 Å². The van der Waals surface area contributed by atoms with Gasteiger partial charge in [-0.15, -0.1) is 0 Å². The maximum atomic E-state index is 13.2. The van der Waals surface area contributed by atoms with Crippen LogP contribution in [0.25, 0.3) is 0 Å². The average molecular weight is 469 g/mol. The van der Waals surface area contributed by atoms with E-state index in [4.69, 9.17) is 0 Å². The van der Waals surface area contributed by atoms with Gasteiger partial charge in [0.15, 0.2) is 5.13 Å². The zero-order chi connectivity index (χ0) is 23.6. The largest absolute Gasteiger partial charge is 0.450 e. The minimum atomic E-state index is -0.102. The molecular formula is C26H36N4O2S. The van der Waals surface area contributed by atoms with Crippen LogP contribution >= 0.6 is 11.3 Å². The summed E-state index contributed by atoms with van der Waals surface area (Å²) in [5, 5.41) is 4.99. The fourth-order valence-corrected chi connectivity index (χ4v) is 5.33. The molecule has 1 aliphatic carbocycles. The average Bonchev–Trinajstić information content (AvgIpc) is 3.51. The molecule has 1 aliphatic heterocycles. The number of likely N-dealkylation sites (N-methyl/N-ethyl adjacent to an activating group) is 1. The number of nitrogens with one attached hydrogen (secondary N) is 1. The van der Waals surface area contributed by atoms with Crippen molar-refractivity contribution in [2.45, 2.75) is 44.9 Å². The number of hydrogen-bond acceptors (Lipinski definition) is 6. The standard InChI is InChI=1S/C23H32N4OS.C3H4O/c1-17-7-9-19(10-8-17)20(15-18-5-3-4-6-18)22(28)25-23-24-16-21(29-23)27-13-11-26(2)12-14-27;1-3-4-2/h7-10,16,18,20H,3-6,11-15H2,1-2H3,(H,24,25,28);1H,2H3. The van der Waals surface area contributed by atoms with Crippen LogP contribution in [0, 0.1) is 25.4 Å². The van der Waals surface area contributed by atoms with Gasteiger partial charge >= 0.3 is 0 Å². The Hall–Kier alpha value is -2.56. The summed E-state index contributed by atoms with van der Waals surface area (Å²) in [4.78, 5) is 22.5. The molecule has 1 saturated heterocycles. The number of benzene rings is 1. The fourth-order valence-electron chi connectivity index (χ4n) is 4.46. The summed E-state index contributed by atoms with van der Waals surface area (Å²) in [5.41, 5.74) is 2.35. The monoisotopic (exact) mass is 468 g/mol. The van der Waals surface area contributed by atoms with Crippen molar-refractivity contribution < 1.29 is 9.53 Å². The number of aryl methyl sites for hydroxylation is 1. The second-order valence-corrected chi connectivity index (χ2v) is 9.96. The zero-order valence-electron chi connectivity index (χ0n) is 20.0. The van der Waals surface area contributed by atoms with E-state index >= 15 is 0 Å². The smallest absolute Gasteiger partial charge is 0.233 e. The number of piperazine rings is 1. The number of aromatic nitrogens is 1.